The number of aromatic nitrogens is 2. The van der Waals surface area contributed by atoms with Crippen molar-refractivity contribution >= 4 is 5.91 Å². The van der Waals surface area contributed by atoms with Crippen LogP contribution in [0.1, 0.15) is 10.4 Å². The van der Waals surface area contributed by atoms with Crippen molar-refractivity contribution in [3.63, 3.8) is 0 Å². The van der Waals surface area contributed by atoms with Gasteiger partial charge in [0.15, 0.2) is 0 Å². The predicted octanol–water partition coefficient (Wildman–Crippen LogP) is -0.786. The van der Waals surface area contributed by atoms with E-state index in [0.29, 0.717) is 5.56 Å². The zero-order chi connectivity index (χ0) is 11.1. The van der Waals surface area contributed by atoms with Crippen LogP contribution in [-0.2, 0) is 4.74 Å². The number of nitrogens with zero attached hydrogens (tertiary/aromatic N) is 2. The van der Waals surface area contributed by atoms with E-state index < -0.39 is 6.10 Å². The molecule has 1 aromatic heterocycles. The number of methoxy groups -OCH3 is 1. The molecular formula is C9H13N3O3. The second kappa shape index (κ2) is 6.05. The Morgan fingerprint density at radius 3 is 3.07 bits per heavy atom. The zero-order valence-electron chi connectivity index (χ0n) is 8.38. The summed E-state index contributed by atoms with van der Waals surface area (Å²) in [4.78, 5) is 11.4. The molecule has 0 aliphatic carbocycles. The topological polar surface area (TPSA) is 84.3 Å². The highest BCUT2D eigenvalue weighted by atomic mass is 16.5. The van der Waals surface area contributed by atoms with Gasteiger partial charge in [0.1, 0.15) is 0 Å². The maximum Gasteiger partial charge on any atom is 0.253 e. The number of amides is 1. The molecule has 2 N–H and O–H groups in total. The molecule has 1 aromatic rings. The summed E-state index contributed by atoms with van der Waals surface area (Å²) in [5.74, 6) is -0.292. The minimum atomic E-state index is -0.700. The van der Waals surface area contributed by atoms with E-state index in [2.05, 4.69) is 15.5 Å². The molecule has 1 rings (SSSR count). The lowest BCUT2D eigenvalue weighted by Gasteiger charge is -2.10. The van der Waals surface area contributed by atoms with Gasteiger partial charge in [-0.05, 0) is 6.07 Å². The van der Waals surface area contributed by atoms with Gasteiger partial charge < -0.3 is 15.2 Å². The molecule has 0 saturated heterocycles. The maximum atomic E-state index is 11.4. The third-order valence-corrected chi connectivity index (χ3v) is 1.70. The third-order valence-electron chi connectivity index (χ3n) is 1.70. The molecule has 1 amide bonds. The minimum absolute atomic E-state index is 0.148. The lowest BCUT2D eigenvalue weighted by Crippen LogP contribution is -2.34. The molecule has 0 aliphatic heterocycles. The Morgan fingerprint density at radius 2 is 2.47 bits per heavy atom. The van der Waals surface area contributed by atoms with Gasteiger partial charge >= 0.3 is 0 Å². The van der Waals surface area contributed by atoms with Crippen LogP contribution in [0.15, 0.2) is 18.5 Å². The Balaban J connectivity index is 2.37. The van der Waals surface area contributed by atoms with Crippen LogP contribution in [0.4, 0.5) is 0 Å². The first-order valence-corrected chi connectivity index (χ1v) is 4.46. The van der Waals surface area contributed by atoms with Gasteiger partial charge in [0, 0.05) is 13.7 Å². The molecular weight excluding hydrogens is 198 g/mol. The Labute approximate surface area is 87.3 Å². The van der Waals surface area contributed by atoms with Crippen LogP contribution in [0, 0.1) is 0 Å². The standard InChI is InChI=1S/C9H13N3O3/c1-15-6-8(13)5-10-9(14)7-2-3-11-12-4-7/h2-4,8,13H,5-6H2,1H3,(H,10,14). The minimum Gasteiger partial charge on any atom is -0.389 e. The van der Waals surface area contributed by atoms with Crippen molar-refractivity contribution in [3.8, 4) is 0 Å². The van der Waals surface area contributed by atoms with Crippen molar-refractivity contribution in [2.24, 2.45) is 0 Å². The van der Waals surface area contributed by atoms with Gasteiger partial charge in [0.2, 0.25) is 0 Å². The summed E-state index contributed by atoms with van der Waals surface area (Å²) in [6.07, 6.45) is 2.09. The zero-order valence-corrected chi connectivity index (χ0v) is 8.38. The van der Waals surface area contributed by atoms with Crippen LogP contribution in [0.3, 0.4) is 0 Å². The molecule has 6 nitrogen and oxygen atoms in total. The highest BCUT2D eigenvalue weighted by molar-refractivity contribution is 5.93. The summed E-state index contributed by atoms with van der Waals surface area (Å²) >= 11 is 0. The fraction of sp³-hybridized carbons (Fsp3) is 0.444. The quantitative estimate of drug-likeness (QED) is 0.667. The fourth-order valence-electron chi connectivity index (χ4n) is 0.989. The highest BCUT2D eigenvalue weighted by Gasteiger charge is 2.08. The normalized spacial score (nSPS) is 12.1. The van der Waals surface area contributed by atoms with Crippen molar-refractivity contribution < 1.29 is 14.6 Å². The Hall–Kier alpha value is -1.53. The molecule has 1 atom stereocenters. The first kappa shape index (κ1) is 11.5. The molecule has 0 fully saturated rings. The number of hydrogen-bond donors (Lipinski definition) is 2. The lowest BCUT2D eigenvalue weighted by atomic mass is 10.3. The highest BCUT2D eigenvalue weighted by Crippen LogP contribution is 1.93. The molecule has 0 saturated carbocycles. The van der Waals surface area contributed by atoms with Gasteiger partial charge in [-0.3, -0.25) is 4.79 Å². The molecule has 1 unspecified atom stereocenters. The number of hydrogen-bond acceptors (Lipinski definition) is 5. The van der Waals surface area contributed by atoms with Gasteiger partial charge in [0.25, 0.3) is 5.91 Å². The van der Waals surface area contributed by atoms with Gasteiger partial charge in [-0.15, -0.1) is 0 Å². The Morgan fingerprint density at radius 1 is 1.67 bits per heavy atom. The van der Waals surface area contributed by atoms with Crippen molar-refractivity contribution in [1.82, 2.24) is 15.5 Å². The molecule has 6 heteroatoms. The number of aliphatic hydroxyl groups is 1. The van der Waals surface area contributed by atoms with Crippen LogP contribution in [0.2, 0.25) is 0 Å². The smallest absolute Gasteiger partial charge is 0.253 e. The molecule has 0 radical (unpaired) electrons. The number of aliphatic hydroxyl groups excluding tert-OH is 1. The van der Waals surface area contributed by atoms with E-state index >= 15 is 0 Å². The largest absolute Gasteiger partial charge is 0.389 e. The molecule has 0 aliphatic rings. The number of rotatable bonds is 5. The van der Waals surface area contributed by atoms with Crippen molar-refractivity contribution in [2.45, 2.75) is 6.10 Å². The molecule has 0 bridgehead atoms. The van der Waals surface area contributed by atoms with Crippen LogP contribution in [0.5, 0.6) is 0 Å². The Kier molecular flexibility index (Phi) is 4.65. The van der Waals surface area contributed by atoms with Gasteiger partial charge in [-0.25, -0.2) is 0 Å². The maximum absolute atomic E-state index is 11.4. The number of nitrogens with one attached hydrogen (secondary N) is 1. The van der Waals surface area contributed by atoms with E-state index in [1.54, 1.807) is 6.07 Å². The SMILES string of the molecule is COCC(O)CNC(=O)c1ccnnc1. The summed E-state index contributed by atoms with van der Waals surface area (Å²) in [7, 11) is 1.48. The van der Waals surface area contributed by atoms with E-state index in [4.69, 9.17) is 4.74 Å². The Bertz CT molecular complexity index is 305. The summed E-state index contributed by atoms with van der Waals surface area (Å²) < 4.78 is 4.72. The molecule has 15 heavy (non-hydrogen) atoms. The average molecular weight is 211 g/mol. The van der Waals surface area contributed by atoms with Gasteiger partial charge in [-0.1, -0.05) is 0 Å². The van der Waals surface area contributed by atoms with Gasteiger partial charge in [0.05, 0.1) is 30.7 Å². The number of ether oxygens (including phenoxy) is 1. The second-order valence-electron chi connectivity index (χ2n) is 2.95. The predicted molar refractivity (Wildman–Crippen MR) is 52.2 cm³/mol. The summed E-state index contributed by atoms with van der Waals surface area (Å²) in [5.41, 5.74) is 0.412. The van der Waals surface area contributed by atoms with E-state index in [-0.39, 0.29) is 19.1 Å². The summed E-state index contributed by atoms with van der Waals surface area (Å²) in [6, 6.07) is 1.55. The van der Waals surface area contributed by atoms with E-state index in [9.17, 15) is 9.90 Å². The monoisotopic (exact) mass is 211 g/mol. The number of carbonyl (C=O) groups excluding carboxylic acids is 1. The van der Waals surface area contributed by atoms with Crippen LogP contribution in [0.25, 0.3) is 0 Å². The number of carbonyl (C=O) groups is 1. The van der Waals surface area contributed by atoms with Crippen molar-refractivity contribution in [2.75, 3.05) is 20.3 Å². The van der Waals surface area contributed by atoms with Crippen LogP contribution >= 0.6 is 0 Å². The first-order chi connectivity index (χ1) is 7.24. The van der Waals surface area contributed by atoms with Crippen LogP contribution < -0.4 is 5.32 Å². The average Bonchev–Trinajstić information content (AvgIpc) is 2.27. The molecule has 1 heterocycles. The summed E-state index contributed by atoms with van der Waals surface area (Å²) in [5, 5.41) is 18.9. The summed E-state index contributed by atoms with van der Waals surface area (Å²) in [6.45, 7) is 0.337. The molecule has 0 spiro atoms. The van der Waals surface area contributed by atoms with Crippen LogP contribution in [-0.4, -0.2) is 47.6 Å². The van der Waals surface area contributed by atoms with E-state index in [1.165, 1.54) is 19.5 Å². The molecule has 0 aromatic carbocycles. The van der Waals surface area contributed by atoms with Crippen molar-refractivity contribution in [1.29, 1.82) is 0 Å². The third kappa shape index (κ3) is 4.01. The van der Waals surface area contributed by atoms with E-state index in [0.717, 1.165) is 0 Å². The molecule has 82 valence electrons. The van der Waals surface area contributed by atoms with Crippen molar-refractivity contribution in [3.05, 3.63) is 24.0 Å². The first-order valence-electron chi connectivity index (χ1n) is 4.46. The fourth-order valence-corrected chi connectivity index (χ4v) is 0.989. The van der Waals surface area contributed by atoms with E-state index in [1.807, 2.05) is 0 Å². The van der Waals surface area contributed by atoms with Gasteiger partial charge in [-0.2, -0.15) is 10.2 Å². The second-order valence-corrected chi connectivity index (χ2v) is 2.95. The lowest BCUT2D eigenvalue weighted by molar-refractivity contribution is 0.0609.